The van der Waals surface area contributed by atoms with Gasteiger partial charge in [0.1, 0.15) is 12.0 Å². The maximum absolute atomic E-state index is 13.3. The Kier molecular flexibility index (Phi) is 4.51. The van der Waals surface area contributed by atoms with E-state index in [1.807, 2.05) is 0 Å². The van der Waals surface area contributed by atoms with Crippen LogP contribution >= 0.6 is 0 Å². The van der Waals surface area contributed by atoms with Gasteiger partial charge in [-0.05, 0) is 31.0 Å². The van der Waals surface area contributed by atoms with Crippen molar-refractivity contribution in [3.05, 3.63) is 35.6 Å². The second-order valence-corrected chi connectivity index (χ2v) is 5.10. The van der Waals surface area contributed by atoms with E-state index < -0.39 is 30.6 Å². The van der Waals surface area contributed by atoms with Gasteiger partial charge in [0, 0.05) is 13.0 Å². The van der Waals surface area contributed by atoms with Gasteiger partial charge < -0.3 is 4.90 Å². The van der Waals surface area contributed by atoms with Crippen molar-refractivity contribution >= 4 is 5.91 Å². The summed E-state index contributed by atoms with van der Waals surface area (Å²) in [4.78, 5) is 13.4. The van der Waals surface area contributed by atoms with Crippen LogP contribution in [0.2, 0.25) is 0 Å². The van der Waals surface area contributed by atoms with Crippen LogP contribution in [0.3, 0.4) is 0 Å². The highest BCUT2D eigenvalue weighted by molar-refractivity contribution is 5.84. The Balaban J connectivity index is 2.10. The molecule has 1 amide bonds. The Morgan fingerprint density at radius 3 is 2.67 bits per heavy atom. The molecule has 1 fully saturated rings. The van der Waals surface area contributed by atoms with E-state index in [1.165, 1.54) is 23.1 Å². The summed E-state index contributed by atoms with van der Waals surface area (Å²) >= 11 is 0. The van der Waals surface area contributed by atoms with Crippen LogP contribution in [0.15, 0.2) is 24.3 Å². The second kappa shape index (κ2) is 6.01. The molecule has 1 aromatic carbocycles. The smallest absolute Gasteiger partial charge is 0.322 e. The maximum atomic E-state index is 13.3. The van der Waals surface area contributed by atoms with Gasteiger partial charge in [-0.1, -0.05) is 12.1 Å². The molecular weight excluding hydrogens is 288 g/mol. The van der Waals surface area contributed by atoms with Crippen LogP contribution in [-0.4, -0.2) is 29.6 Å². The summed E-state index contributed by atoms with van der Waals surface area (Å²) in [6, 6.07) is 5.21. The van der Waals surface area contributed by atoms with Crippen LogP contribution in [0, 0.1) is 5.82 Å². The minimum absolute atomic E-state index is 0.0170. The van der Waals surface area contributed by atoms with Gasteiger partial charge in [-0.2, -0.15) is 13.2 Å². The predicted octanol–water partition coefficient (Wildman–Crippen LogP) is 2.99. The van der Waals surface area contributed by atoms with Crippen molar-refractivity contribution in [2.75, 3.05) is 6.54 Å². The fraction of sp³-hybridized carbons (Fsp3) is 0.500. The summed E-state index contributed by atoms with van der Waals surface area (Å²) < 4.78 is 49.9. The number of benzene rings is 1. The molecule has 1 saturated heterocycles. The lowest BCUT2D eigenvalue weighted by Gasteiger charge is -2.24. The molecule has 2 unspecified atom stereocenters. The van der Waals surface area contributed by atoms with Gasteiger partial charge >= 0.3 is 6.18 Å². The van der Waals surface area contributed by atoms with Crippen LogP contribution < -0.4 is 5.32 Å². The number of nitrogens with zero attached hydrogens (tertiary/aromatic N) is 1. The summed E-state index contributed by atoms with van der Waals surface area (Å²) in [5, 5.41) is 2.97. The highest BCUT2D eigenvalue weighted by Gasteiger charge is 2.37. The van der Waals surface area contributed by atoms with Crippen LogP contribution in [0.5, 0.6) is 0 Å². The molecule has 0 saturated carbocycles. The largest absolute Gasteiger partial charge is 0.389 e. The van der Waals surface area contributed by atoms with Gasteiger partial charge in [0.15, 0.2) is 0 Å². The first-order valence-electron chi connectivity index (χ1n) is 6.67. The molecule has 2 rings (SSSR count). The lowest BCUT2D eigenvalue weighted by atomic mass is 10.1. The molecule has 0 bridgehead atoms. The van der Waals surface area contributed by atoms with Crippen molar-refractivity contribution in [3.8, 4) is 0 Å². The fourth-order valence-electron chi connectivity index (χ4n) is 2.42. The lowest BCUT2D eigenvalue weighted by molar-refractivity contribution is -0.140. The highest BCUT2D eigenvalue weighted by Crippen LogP contribution is 2.28. The second-order valence-electron chi connectivity index (χ2n) is 5.10. The Bertz CT molecular complexity index is 518. The topological polar surface area (TPSA) is 32.3 Å². The van der Waals surface area contributed by atoms with E-state index >= 15 is 0 Å². The monoisotopic (exact) mass is 304 g/mol. The molecule has 1 aromatic rings. The number of carbonyl (C=O) groups excluding carboxylic acids is 1. The van der Waals surface area contributed by atoms with Gasteiger partial charge in [-0.15, -0.1) is 0 Å². The van der Waals surface area contributed by atoms with Crippen molar-refractivity contribution in [3.63, 3.8) is 0 Å². The van der Waals surface area contributed by atoms with E-state index in [1.54, 1.807) is 13.0 Å². The number of rotatable bonds is 4. The first-order chi connectivity index (χ1) is 9.78. The molecule has 2 atom stereocenters. The highest BCUT2D eigenvalue weighted by atomic mass is 19.4. The van der Waals surface area contributed by atoms with Gasteiger partial charge in [-0.25, -0.2) is 4.39 Å². The van der Waals surface area contributed by atoms with Crippen molar-refractivity contribution in [1.82, 2.24) is 10.2 Å². The third-order valence-electron chi connectivity index (χ3n) is 3.40. The number of nitrogens with one attached hydrogen (secondary N) is 1. The molecule has 1 aliphatic heterocycles. The zero-order chi connectivity index (χ0) is 15.6. The molecule has 0 radical (unpaired) electrons. The summed E-state index contributed by atoms with van der Waals surface area (Å²) in [6.07, 6.45) is -5.94. The normalized spacial score (nSPS) is 22.9. The molecule has 7 heteroatoms. The molecule has 0 aliphatic carbocycles. The zero-order valence-electron chi connectivity index (χ0n) is 11.5. The Morgan fingerprint density at radius 2 is 2.05 bits per heavy atom. The first-order valence-corrected chi connectivity index (χ1v) is 6.67. The summed E-state index contributed by atoms with van der Waals surface area (Å²) in [5.74, 6) is -0.719. The van der Waals surface area contributed by atoms with E-state index in [-0.39, 0.29) is 18.9 Å². The third kappa shape index (κ3) is 3.93. The predicted molar refractivity (Wildman–Crippen MR) is 68.7 cm³/mol. The number of amides is 1. The van der Waals surface area contributed by atoms with E-state index in [0.29, 0.717) is 5.56 Å². The summed E-state index contributed by atoms with van der Waals surface area (Å²) in [5.41, 5.74) is 0.528. The van der Waals surface area contributed by atoms with E-state index in [0.717, 1.165) is 0 Å². The molecule has 0 spiro atoms. The minimum atomic E-state index is -4.24. The van der Waals surface area contributed by atoms with Gasteiger partial charge in [0.25, 0.3) is 0 Å². The van der Waals surface area contributed by atoms with Crippen molar-refractivity contribution in [2.24, 2.45) is 0 Å². The molecule has 3 nitrogen and oxygen atoms in total. The van der Waals surface area contributed by atoms with Crippen molar-refractivity contribution in [1.29, 1.82) is 0 Å². The Morgan fingerprint density at radius 1 is 1.33 bits per heavy atom. The molecule has 0 aromatic heterocycles. The molecule has 1 N–H and O–H groups in total. The van der Waals surface area contributed by atoms with Crippen molar-refractivity contribution in [2.45, 2.75) is 38.1 Å². The van der Waals surface area contributed by atoms with Gasteiger partial charge in [0.2, 0.25) is 5.91 Å². The summed E-state index contributed by atoms with van der Waals surface area (Å²) in [6.45, 7) is 1.62. The lowest BCUT2D eigenvalue weighted by Crippen LogP contribution is -2.32. The third-order valence-corrected chi connectivity index (χ3v) is 3.40. The molecule has 1 aliphatic rings. The van der Waals surface area contributed by atoms with Gasteiger partial charge in [-0.3, -0.25) is 10.1 Å². The minimum Gasteiger partial charge on any atom is -0.322 e. The van der Waals surface area contributed by atoms with E-state index in [4.69, 9.17) is 0 Å². The first kappa shape index (κ1) is 15.8. The van der Waals surface area contributed by atoms with Gasteiger partial charge in [0.05, 0.1) is 6.04 Å². The number of carbonyl (C=O) groups is 1. The number of alkyl halides is 3. The zero-order valence-corrected chi connectivity index (χ0v) is 11.5. The number of halogens is 4. The number of hydrogen-bond acceptors (Lipinski definition) is 2. The molecule has 116 valence electrons. The van der Waals surface area contributed by atoms with E-state index in [2.05, 4.69) is 5.32 Å². The van der Waals surface area contributed by atoms with Crippen LogP contribution in [0.4, 0.5) is 17.6 Å². The fourth-order valence-corrected chi connectivity index (χ4v) is 2.42. The molecule has 21 heavy (non-hydrogen) atoms. The average Bonchev–Trinajstić information content (AvgIpc) is 2.65. The van der Waals surface area contributed by atoms with Crippen LogP contribution in [0.25, 0.3) is 0 Å². The van der Waals surface area contributed by atoms with E-state index in [9.17, 15) is 22.4 Å². The Labute approximate surface area is 119 Å². The quantitative estimate of drug-likeness (QED) is 0.867. The van der Waals surface area contributed by atoms with Crippen LogP contribution in [0.1, 0.15) is 31.5 Å². The standard InChI is InChI=1S/C14H16F4N2O/c1-9-13(21)20(7-3-6-14(16,17)18)12(19-9)10-4-2-5-11(15)8-10/h2,4-5,8-9,12,19H,3,6-7H2,1H3. The summed E-state index contributed by atoms with van der Waals surface area (Å²) in [7, 11) is 0. The average molecular weight is 304 g/mol. The molecular formula is C14H16F4N2O. The SMILES string of the molecule is CC1NC(c2cccc(F)c2)N(CCCC(F)(F)F)C1=O. The van der Waals surface area contributed by atoms with Crippen LogP contribution in [-0.2, 0) is 4.79 Å². The Hall–Kier alpha value is -1.63. The maximum Gasteiger partial charge on any atom is 0.389 e. The molecule has 1 heterocycles. The van der Waals surface area contributed by atoms with Crippen molar-refractivity contribution < 1.29 is 22.4 Å². The number of hydrogen-bond donors (Lipinski definition) is 1.